The zero-order chi connectivity index (χ0) is 15.0. The highest BCUT2D eigenvalue weighted by molar-refractivity contribution is 5.66. The van der Waals surface area contributed by atoms with Crippen LogP contribution in [0.15, 0.2) is 0 Å². The Balaban J connectivity index is -0.0000000865. The van der Waals surface area contributed by atoms with Gasteiger partial charge < -0.3 is 19.7 Å². The second kappa shape index (κ2) is 21.6. The van der Waals surface area contributed by atoms with Crippen LogP contribution in [0.1, 0.15) is 41.5 Å². The smallest absolute Gasteiger partial charge is 0.302 e. The molecule has 0 aromatic rings. The highest BCUT2D eigenvalue weighted by atomic mass is 16.5. The highest BCUT2D eigenvalue weighted by Gasteiger charge is 1.82. The molecule has 0 aliphatic carbocycles. The maximum Gasteiger partial charge on any atom is 0.302 e. The van der Waals surface area contributed by atoms with Crippen molar-refractivity contribution in [2.24, 2.45) is 0 Å². The largest absolute Gasteiger partial charge is 0.466 e. The van der Waals surface area contributed by atoms with Crippen LogP contribution in [0, 0.1) is 0 Å². The van der Waals surface area contributed by atoms with Gasteiger partial charge in [-0.15, -0.1) is 0 Å². The molecule has 0 rings (SSSR count). The minimum absolute atomic E-state index is 0. The number of carbonyl (C=O) groups is 3. The molecule has 0 heterocycles. The summed E-state index contributed by atoms with van der Waals surface area (Å²) in [6, 6.07) is 0. The standard InChI is InChI=1S/3C4H8O2.H2O/c3*1-3-6-4(2)5;/h3*3H2,1-2H3;1H2. The van der Waals surface area contributed by atoms with Gasteiger partial charge in [-0.05, 0) is 20.8 Å². The Hall–Kier alpha value is -1.63. The number of ether oxygens (including phenoxy) is 3. The van der Waals surface area contributed by atoms with Gasteiger partial charge in [0.2, 0.25) is 0 Å². The normalized spacial score (nSPS) is 7.26. The zero-order valence-corrected chi connectivity index (χ0v) is 12.6. The molecule has 2 N–H and O–H groups in total. The third-order valence-electron chi connectivity index (χ3n) is 1.04. The molecular formula is C12H26O7. The van der Waals surface area contributed by atoms with Crippen molar-refractivity contribution in [3.63, 3.8) is 0 Å². The molecule has 116 valence electrons. The van der Waals surface area contributed by atoms with Crippen molar-refractivity contribution in [3.8, 4) is 0 Å². The Bertz CT molecular complexity index is 188. The van der Waals surface area contributed by atoms with Gasteiger partial charge in [0.05, 0.1) is 19.8 Å². The van der Waals surface area contributed by atoms with Gasteiger partial charge in [-0.1, -0.05) is 0 Å². The molecule has 0 aliphatic heterocycles. The Labute approximate surface area is 114 Å². The number of rotatable bonds is 3. The number of hydrogen-bond acceptors (Lipinski definition) is 6. The van der Waals surface area contributed by atoms with Crippen LogP contribution in [0.25, 0.3) is 0 Å². The average molecular weight is 282 g/mol. The maximum atomic E-state index is 9.82. The van der Waals surface area contributed by atoms with Crippen molar-refractivity contribution in [2.75, 3.05) is 19.8 Å². The van der Waals surface area contributed by atoms with Crippen molar-refractivity contribution >= 4 is 17.9 Å². The summed E-state index contributed by atoms with van der Waals surface area (Å²) in [7, 11) is 0. The van der Waals surface area contributed by atoms with Gasteiger partial charge in [-0.25, -0.2) is 0 Å². The van der Waals surface area contributed by atoms with Gasteiger partial charge in [0.15, 0.2) is 0 Å². The lowest BCUT2D eigenvalue weighted by atomic mass is 10.8. The van der Waals surface area contributed by atoms with E-state index in [4.69, 9.17) is 0 Å². The first kappa shape index (κ1) is 26.0. The van der Waals surface area contributed by atoms with E-state index in [1.54, 1.807) is 20.8 Å². The molecule has 0 atom stereocenters. The van der Waals surface area contributed by atoms with E-state index in [-0.39, 0.29) is 23.4 Å². The van der Waals surface area contributed by atoms with E-state index >= 15 is 0 Å². The lowest BCUT2D eigenvalue weighted by Crippen LogP contribution is -1.95. The fraction of sp³-hybridized carbons (Fsp3) is 0.750. The quantitative estimate of drug-likeness (QED) is 0.561. The molecule has 0 fully saturated rings. The molecule has 0 aliphatic rings. The summed E-state index contributed by atoms with van der Waals surface area (Å²) in [5, 5.41) is 0. The van der Waals surface area contributed by atoms with Crippen molar-refractivity contribution in [1.29, 1.82) is 0 Å². The summed E-state index contributed by atoms with van der Waals surface area (Å²) < 4.78 is 13.2. The summed E-state index contributed by atoms with van der Waals surface area (Å²) in [5.41, 5.74) is 0. The molecule has 19 heavy (non-hydrogen) atoms. The number of hydrogen-bond donors (Lipinski definition) is 0. The first-order valence-corrected chi connectivity index (χ1v) is 5.71. The first-order chi connectivity index (χ1) is 8.31. The van der Waals surface area contributed by atoms with E-state index in [1.807, 2.05) is 0 Å². The minimum Gasteiger partial charge on any atom is -0.466 e. The number of esters is 3. The topological polar surface area (TPSA) is 110 Å². The Morgan fingerprint density at radius 2 is 0.789 bits per heavy atom. The van der Waals surface area contributed by atoms with Crippen molar-refractivity contribution in [1.82, 2.24) is 0 Å². The van der Waals surface area contributed by atoms with E-state index in [0.29, 0.717) is 19.8 Å². The minimum atomic E-state index is -0.211. The van der Waals surface area contributed by atoms with E-state index < -0.39 is 0 Å². The summed E-state index contributed by atoms with van der Waals surface area (Å²) >= 11 is 0. The zero-order valence-electron chi connectivity index (χ0n) is 12.6. The molecule has 0 spiro atoms. The summed E-state index contributed by atoms with van der Waals surface area (Å²) in [6.07, 6.45) is 0. The van der Waals surface area contributed by atoms with Crippen LogP contribution in [0.2, 0.25) is 0 Å². The molecule has 0 saturated carbocycles. The average Bonchev–Trinajstić information content (AvgIpc) is 2.18. The van der Waals surface area contributed by atoms with Crippen LogP contribution in [-0.2, 0) is 28.6 Å². The third kappa shape index (κ3) is 62.2. The van der Waals surface area contributed by atoms with Crippen LogP contribution in [0.5, 0.6) is 0 Å². The summed E-state index contributed by atoms with van der Waals surface area (Å²) in [4.78, 5) is 29.5. The Morgan fingerprint density at radius 1 is 0.632 bits per heavy atom. The van der Waals surface area contributed by atoms with E-state index in [9.17, 15) is 14.4 Å². The second-order valence-electron chi connectivity index (χ2n) is 2.77. The molecule has 0 aromatic carbocycles. The van der Waals surface area contributed by atoms with E-state index in [1.165, 1.54) is 20.8 Å². The molecular weight excluding hydrogens is 256 g/mol. The van der Waals surface area contributed by atoms with E-state index in [0.717, 1.165) is 0 Å². The summed E-state index contributed by atoms with van der Waals surface area (Å²) in [5.74, 6) is -0.632. The van der Waals surface area contributed by atoms with Crippen LogP contribution < -0.4 is 0 Å². The lowest BCUT2D eigenvalue weighted by molar-refractivity contribution is -0.141. The maximum absolute atomic E-state index is 9.82. The third-order valence-corrected chi connectivity index (χ3v) is 1.04. The van der Waals surface area contributed by atoms with Crippen LogP contribution >= 0.6 is 0 Å². The van der Waals surface area contributed by atoms with Gasteiger partial charge >= 0.3 is 17.9 Å². The van der Waals surface area contributed by atoms with Crippen LogP contribution in [-0.4, -0.2) is 43.2 Å². The molecule has 0 saturated heterocycles. The predicted octanol–water partition coefficient (Wildman–Crippen LogP) is 0.883. The second-order valence-corrected chi connectivity index (χ2v) is 2.77. The molecule has 0 unspecified atom stereocenters. The van der Waals surface area contributed by atoms with Gasteiger partial charge in [0.1, 0.15) is 0 Å². The van der Waals surface area contributed by atoms with Crippen molar-refractivity contribution < 1.29 is 34.1 Å². The summed E-state index contributed by atoms with van der Waals surface area (Å²) in [6.45, 7) is 11.0. The van der Waals surface area contributed by atoms with E-state index in [2.05, 4.69) is 14.2 Å². The molecule has 0 bridgehead atoms. The van der Waals surface area contributed by atoms with Gasteiger partial charge in [-0.2, -0.15) is 0 Å². The molecule has 0 amide bonds. The molecule has 7 nitrogen and oxygen atoms in total. The SMILES string of the molecule is CCOC(C)=O.CCOC(C)=O.CCOC(C)=O.O. The van der Waals surface area contributed by atoms with Gasteiger partial charge in [0.25, 0.3) is 0 Å². The monoisotopic (exact) mass is 282 g/mol. The first-order valence-electron chi connectivity index (χ1n) is 5.71. The van der Waals surface area contributed by atoms with Crippen molar-refractivity contribution in [3.05, 3.63) is 0 Å². The molecule has 0 aromatic heterocycles. The van der Waals surface area contributed by atoms with Gasteiger partial charge in [0, 0.05) is 20.8 Å². The molecule has 0 radical (unpaired) electrons. The highest BCUT2D eigenvalue weighted by Crippen LogP contribution is 1.70. The fourth-order valence-corrected chi connectivity index (χ4v) is 0.610. The Morgan fingerprint density at radius 3 is 0.789 bits per heavy atom. The van der Waals surface area contributed by atoms with Crippen molar-refractivity contribution in [2.45, 2.75) is 41.5 Å². The fourth-order valence-electron chi connectivity index (χ4n) is 0.610. The van der Waals surface area contributed by atoms with Gasteiger partial charge in [-0.3, -0.25) is 14.4 Å². The Kier molecular flexibility index (Phi) is 29.6. The predicted molar refractivity (Wildman–Crippen MR) is 70.5 cm³/mol. The van der Waals surface area contributed by atoms with Crippen LogP contribution in [0.4, 0.5) is 0 Å². The number of carbonyl (C=O) groups excluding carboxylic acids is 3. The lowest BCUT2D eigenvalue weighted by Gasteiger charge is -1.89. The van der Waals surface area contributed by atoms with Crippen LogP contribution in [0.3, 0.4) is 0 Å². The molecule has 7 heteroatoms.